The molecule has 1 saturated carbocycles. The molecule has 4 rings (SSSR count). The van der Waals surface area contributed by atoms with Gasteiger partial charge >= 0.3 is 0 Å². The van der Waals surface area contributed by atoms with Gasteiger partial charge in [-0.25, -0.2) is 4.68 Å². The van der Waals surface area contributed by atoms with E-state index in [-0.39, 0.29) is 17.6 Å². The first-order valence-electron chi connectivity index (χ1n) is 8.95. The van der Waals surface area contributed by atoms with Crippen LogP contribution in [0.2, 0.25) is 0 Å². The molecule has 0 saturated heterocycles. The highest BCUT2D eigenvalue weighted by atomic mass is 16.5. The molecular formula is C18H23N5O2. The van der Waals surface area contributed by atoms with Crippen molar-refractivity contribution in [2.75, 3.05) is 0 Å². The van der Waals surface area contributed by atoms with Crippen LogP contribution in [0.3, 0.4) is 0 Å². The number of hydrogen-bond acceptors (Lipinski definition) is 5. The van der Waals surface area contributed by atoms with Gasteiger partial charge in [-0.2, -0.15) is 0 Å². The van der Waals surface area contributed by atoms with Crippen molar-refractivity contribution >= 4 is 5.91 Å². The van der Waals surface area contributed by atoms with Crippen molar-refractivity contribution < 1.29 is 9.53 Å². The first kappa shape index (κ1) is 16.1. The first-order chi connectivity index (χ1) is 12.2. The zero-order chi connectivity index (χ0) is 17.3. The number of carbonyl (C=O) groups excluding carboxylic acids is 1. The van der Waals surface area contributed by atoms with E-state index in [2.05, 4.69) is 20.8 Å². The average Bonchev–Trinajstić information content (AvgIpc) is 3.22. The Bertz CT molecular complexity index is 766. The van der Waals surface area contributed by atoms with Crippen LogP contribution >= 0.6 is 0 Å². The normalized spacial score (nSPS) is 20.9. The van der Waals surface area contributed by atoms with Crippen molar-refractivity contribution in [3.63, 3.8) is 0 Å². The van der Waals surface area contributed by atoms with Gasteiger partial charge in [0.2, 0.25) is 5.91 Å². The summed E-state index contributed by atoms with van der Waals surface area (Å²) in [6.07, 6.45) is 5.73. The summed E-state index contributed by atoms with van der Waals surface area (Å²) in [4.78, 5) is 12.5. The summed E-state index contributed by atoms with van der Waals surface area (Å²) < 4.78 is 7.99. The van der Waals surface area contributed by atoms with Crippen LogP contribution in [0.1, 0.15) is 56.0 Å². The molecule has 1 N–H and O–H groups in total. The minimum absolute atomic E-state index is 0.00511. The second-order valence-electron chi connectivity index (χ2n) is 7.05. The van der Waals surface area contributed by atoms with Crippen LogP contribution in [0.4, 0.5) is 0 Å². The third-order valence-electron chi connectivity index (χ3n) is 5.31. The molecule has 1 aromatic heterocycles. The zero-order valence-corrected chi connectivity index (χ0v) is 14.4. The molecule has 1 aliphatic heterocycles. The van der Waals surface area contributed by atoms with Crippen molar-refractivity contribution in [3.05, 3.63) is 35.7 Å². The Morgan fingerprint density at radius 2 is 2.16 bits per heavy atom. The van der Waals surface area contributed by atoms with Crippen molar-refractivity contribution in [1.82, 2.24) is 25.5 Å². The van der Waals surface area contributed by atoms with E-state index in [0.29, 0.717) is 18.8 Å². The molecule has 132 valence electrons. The number of hydrogen-bond donors (Lipinski definition) is 1. The molecule has 7 nitrogen and oxygen atoms in total. The van der Waals surface area contributed by atoms with Gasteiger partial charge in [-0.05, 0) is 49.1 Å². The molecule has 1 atom stereocenters. The van der Waals surface area contributed by atoms with E-state index in [9.17, 15) is 4.79 Å². The van der Waals surface area contributed by atoms with E-state index in [4.69, 9.17) is 4.74 Å². The molecule has 0 bridgehead atoms. The van der Waals surface area contributed by atoms with Crippen molar-refractivity contribution in [3.8, 4) is 5.75 Å². The monoisotopic (exact) mass is 341 g/mol. The maximum absolute atomic E-state index is 12.5. The highest BCUT2D eigenvalue weighted by Crippen LogP contribution is 2.46. The summed E-state index contributed by atoms with van der Waals surface area (Å²) >= 11 is 0. The van der Waals surface area contributed by atoms with Gasteiger partial charge in [-0.1, -0.05) is 18.2 Å². The maximum atomic E-state index is 12.5. The van der Waals surface area contributed by atoms with E-state index in [1.165, 1.54) is 12.8 Å². The Morgan fingerprint density at radius 1 is 1.36 bits per heavy atom. The second-order valence-corrected chi connectivity index (χ2v) is 7.05. The van der Waals surface area contributed by atoms with E-state index in [0.717, 1.165) is 30.6 Å². The van der Waals surface area contributed by atoms with Crippen LogP contribution in [0.25, 0.3) is 0 Å². The standard InChI is InChI=1S/C18H23N5O2/c1-13-20-21-22-23(13)11-8-17(24)19-15-12-18(9-4-5-10-18)25-16-7-3-2-6-14(15)16/h2-3,6-7,15H,4-5,8-12H2,1H3,(H,19,24)/t15-/m0/s1. The number of fused-ring (bicyclic) bond motifs is 1. The highest BCUT2D eigenvalue weighted by Gasteiger charge is 2.43. The van der Waals surface area contributed by atoms with E-state index >= 15 is 0 Å². The number of nitrogens with one attached hydrogen (secondary N) is 1. The lowest BCUT2D eigenvalue weighted by Gasteiger charge is -2.40. The number of aryl methyl sites for hydroxylation is 2. The summed E-state index contributed by atoms with van der Waals surface area (Å²) in [6, 6.07) is 8.06. The summed E-state index contributed by atoms with van der Waals surface area (Å²) in [5, 5.41) is 14.5. The highest BCUT2D eigenvalue weighted by molar-refractivity contribution is 5.76. The van der Waals surface area contributed by atoms with Crippen LogP contribution in [-0.4, -0.2) is 31.7 Å². The number of ether oxygens (including phenoxy) is 1. The largest absolute Gasteiger partial charge is 0.487 e. The van der Waals surface area contributed by atoms with Crippen LogP contribution in [-0.2, 0) is 11.3 Å². The molecule has 1 amide bonds. The van der Waals surface area contributed by atoms with Gasteiger partial charge < -0.3 is 10.1 Å². The lowest BCUT2D eigenvalue weighted by atomic mass is 9.86. The van der Waals surface area contributed by atoms with E-state index in [1.807, 2.05) is 31.2 Å². The van der Waals surface area contributed by atoms with Gasteiger partial charge in [0.1, 0.15) is 17.2 Å². The third kappa shape index (κ3) is 3.23. The zero-order valence-electron chi connectivity index (χ0n) is 14.4. The van der Waals surface area contributed by atoms with Crippen molar-refractivity contribution in [2.24, 2.45) is 0 Å². The van der Waals surface area contributed by atoms with Crippen LogP contribution < -0.4 is 10.1 Å². The van der Waals surface area contributed by atoms with E-state index < -0.39 is 0 Å². The Kier molecular flexibility index (Phi) is 4.15. The number of tetrazole rings is 1. The Balaban J connectivity index is 1.46. The van der Waals surface area contributed by atoms with Gasteiger partial charge in [0.05, 0.1) is 12.6 Å². The van der Waals surface area contributed by atoms with Gasteiger partial charge in [-0.15, -0.1) is 5.10 Å². The lowest BCUT2D eigenvalue weighted by molar-refractivity contribution is -0.122. The minimum atomic E-state index is -0.112. The maximum Gasteiger partial charge on any atom is 0.222 e. The van der Waals surface area contributed by atoms with Crippen LogP contribution in [0.5, 0.6) is 5.75 Å². The predicted molar refractivity (Wildman–Crippen MR) is 90.9 cm³/mol. The van der Waals surface area contributed by atoms with Crippen molar-refractivity contribution in [2.45, 2.75) is 63.6 Å². The fourth-order valence-electron chi connectivity index (χ4n) is 4.00. The molecule has 25 heavy (non-hydrogen) atoms. The summed E-state index contributed by atoms with van der Waals surface area (Å²) in [6.45, 7) is 2.32. The number of aromatic nitrogens is 4. The summed E-state index contributed by atoms with van der Waals surface area (Å²) in [7, 11) is 0. The molecule has 1 aromatic carbocycles. The minimum Gasteiger partial charge on any atom is -0.487 e. The molecule has 2 heterocycles. The summed E-state index contributed by atoms with van der Waals surface area (Å²) in [5.41, 5.74) is 0.964. The van der Waals surface area contributed by atoms with Gasteiger partial charge in [-0.3, -0.25) is 4.79 Å². The topological polar surface area (TPSA) is 81.9 Å². The van der Waals surface area contributed by atoms with Gasteiger partial charge in [0.25, 0.3) is 0 Å². The quantitative estimate of drug-likeness (QED) is 0.923. The van der Waals surface area contributed by atoms with Gasteiger partial charge in [0.15, 0.2) is 0 Å². The SMILES string of the molecule is Cc1nnnn1CCC(=O)N[C@H]1CC2(CCCC2)Oc2ccccc21. The molecule has 2 aromatic rings. The molecule has 1 aliphatic carbocycles. The summed E-state index contributed by atoms with van der Waals surface area (Å²) in [5.74, 6) is 1.65. The third-order valence-corrected chi connectivity index (χ3v) is 5.31. The number of amides is 1. The van der Waals surface area contributed by atoms with Crippen LogP contribution in [0, 0.1) is 6.92 Å². The Labute approximate surface area is 146 Å². The van der Waals surface area contributed by atoms with Crippen molar-refractivity contribution in [1.29, 1.82) is 0 Å². The number of benzene rings is 1. The second kappa shape index (κ2) is 6.46. The Hall–Kier alpha value is -2.44. The fourth-order valence-corrected chi connectivity index (χ4v) is 4.00. The number of para-hydroxylation sites is 1. The molecule has 1 fully saturated rings. The van der Waals surface area contributed by atoms with Crippen LogP contribution in [0.15, 0.2) is 24.3 Å². The number of rotatable bonds is 4. The average molecular weight is 341 g/mol. The Morgan fingerprint density at radius 3 is 2.92 bits per heavy atom. The molecule has 1 spiro atoms. The predicted octanol–water partition coefficient (Wildman–Crippen LogP) is 2.32. The number of carbonyl (C=O) groups is 1. The smallest absolute Gasteiger partial charge is 0.222 e. The molecular weight excluding hydrogens is 318 g/mol. The molecule has 7 heteroatoms. The van der Waals surface area contributed by atoms with E-state index in [1.54, 1.807) is 4.68 Å². The molecule has 0 radical (unpaired) electrons. The fraction of sp³-hybridized carbons (Fsp3) is 0.556. The van der Waals surface area contributed by atoms with Gasteiger partial charge in [0, 0.05) is 18.4 Å². The molecule has 0 unspecified atom stereocenters. The lowest BCUT2D eigenvalue weighted by Crippen LogP contribution is -2.43. The first-order valence-corrected chi connectivity index (χ1v) is 8.95. The number of nitrogens with zero attached hydrogens (tertiary/aromatic N) is 4. The molecule has 2 aliphatic rings.